The van der Waals surface area contributed by atoms with Crippen LogP contribution >= 0.6 is 15.9 Å². The van der Waals surface area contributed by atoms with E-state index in [1.807, 2.05) is 17.5 Å². The van der Waals surface area contributed by atoms with E-state index in [4.69, 9.17) is 0 Å². The fourth-order valence-corrected chi connectivity index (χ4v) is 2.32. The Bertz CT molecular complexity index is 510. The fourth-order valence-electron chi connectivity index (χ4n) is 1.92. The third kappa shape index (κ3) is 2.80. The Morgan fingerprint density at radius 3 is 2.89 bits per heavy atom. The van der Waals surface area contributed by atoms with Gasteiger partial charge in [-0.3, -0.25) is 4.40 Å². The van der Waals surface area contributed by atoms with Crippen molar-refractivity contribution in [1.29, 1.82) is 0 Å². The minimum absolute atomic E-state index is 0.831. The molecule has 18 heavy (non-hydrogen) atoms. The number of aryl methyl sites for hydroxylation is 1. The lowest BCUT2D eigenvalue weighted by atomic mass is 10.2. The Morgan fingerprint density at radius 1 is 1.28 bits per heavy atom. The van der Waals surface area contributed by atoms with Crippen molar-refractivity contribution in [2.24, 2.45) is 0 Å². The molecule has 2 rings (SSSR count). The molecule has 2 aromatic heterocycles. The van der Waals surface area contributed by atoms with Gasteiger partial charge >= 0.3 is 0 Å². The second-order valence-electron chi connectivity index (χ2n) is 4.36. The van der Waals surface area contributed by atoms with Crippen molar-refractivity contribution in [2.75, 3.05) is 23.8 Å². The first-order valence-electron chi connectivity index (χ1n) is 6.17. The number of halogens is 1. The first-order chi connectivity index (χ1) is 8.74. The smallest absolute Gasteiger partial charge is 0.203 e. The predicted molar refractivity (Wildman–Crippen MR) is 76.4 cm³/mol. The molecule has 6 heteroatoms. The van der Waals surface area contributed by atoms with E-state index >= 15 is 0 Å². The van der Waals surface area contributed by atoms with Crippen LogP contribution in [0.1, 0.15) is 25.1 Å². The van der Waals surface area contributed by atoms with Gasteiger partial charge in [-0.1, -0.05) is 22.4 Å². The molecule has 0 aliphatic rings. The predicted octanol–water partition coefficient (Wildman–Crippen LogP) is 2.43. The average molecular weight is 312 g/mol. The summed E-state index contributed by atoms with van der Waals surface area (Å²) in [6.07, 6.45) is 7.30. The first-order valence-corrected chi connectivity index (χ1v) is 7.29. The van der Waals surface area contributed by atoms with Gasteiger partial charge in [0, 0.05) is 31.3 Å². The zero-order chi connectivity index (χ0) is 13.0. The molecule has 0 unspecified atom stereocenters. The Morgan fingerprint density at radius 2 is 2.11 bits per heavy atom. The van der Waals surface area contributed by atoms with E-state index in [0.717, 1.165) is 35.6 Å². The molecule has 0 aliphatic heterocycles. The summed E-state index contributed by atoms with van der Waals surface area (Å²) in [5, 5.41) is 9.35. The summed E-state index contributed by atoms with van der Waals surface area (Å²) in [5.74, 6) is 1.79. The van der Waals surface area contributed by atoms with Crippen molar-refractivity contribution in [3.8, 4) is 0 Å². The molecule has 0 N–H and O–H groups in total. The number of fused-ring (bicyclic) bond motifs is 1. The molecule has 0 saturated carbocycles. The molecule has 98 valence electrons. The Hall–Kier alpha value is -1.17. The molecule has 0 aromatic carbocycles. The number of rotatable bonds is 6. The standard InChI is InChI=1S/C12H18BrN5/c1-10-15-16-12-11(14-7-9-18(10)12)17(2)8-5-3-4-6-13/h7,9H,3-6,8H2,1-2H3. The van der Waals surface area contributed by atoms with Gasteiger partial charge in [-0.2, -0.15) is 0 Å². The van der Waals surface area contributed by atoms with E-state index in [1.54, 1.807) is 6.20 Å². The van der Waals surface area contributed by atoms with E-state index in [-0.39, 0.29) is 0 Å². The zero-order valence-electron chi connectivity index (χ0n) is 10.8. The van der Waals surface area contributed by atoms with Gasteiger partial charge in [0.25, 0.3) is 0 Å². The maximum Gasteiger partial charge on any atom is 0.203 e. The molecular formula is C12H18BrN5. The van der Waals surface area contributed by atoms with Crippen LogP contribution in [0.4, 0.5) is 5.82 Å². The lowest BCUT2D eigenvalue weighted by molar-refractivity contribution is 0.707. The lowest BCUT2D eigenvalue weighted by Crippen LogP contribution is -2.20. The number of hydrogen-bond donors (Lipinski definition) is 0. The normalized spacial score (nSPS) is 11.1. The molecule has 0 atom stereocenters. The summed E-state index contributed by atoms with van der Waals surface area (Å²) in [6.45, 7) is 2.94. The van der Waals surface area contributed by atoms with Crippen molar-refractivity contribution in [1.82, 2.24) is 19.6 Å². The second kappa shape index (κ2) is 6.13. The van der Waals surface area contributed by atoms with Crippen LogP contribution in [0.2, 0.25) is 0 Å². The van der Waals surface area contributed by atoms with E-state index < -0.39 is 0 Å². The van der Waals surface area contributed by atoms with Crippen molar-refractivity contribution < 1.29 is 0 Å². The van der Waals surface area contributed by atoms with Gasteiger partial charge in [0.2, 0.25) is 5.65 Å². The highest BCUT2D eigenvalue weighted by Gasteiger charge is 2.11. The summed E-state index contributed by atoms with van der Waals surface area (Å²) in [4.78, 5) is 6.56. The largest absolute Gasteiger partial charge is 0.357 e. The van der Waals surface area contributed by atoms with Crippen LogP contribution in [0, 0.1) is 6.92 Å². The molecule has 0 radical (unpaired) electrons. The van der Waals surface area contributed by atoms with Crippen LogP contribution in [-0.4, -0.2) is 38.5 Å². The van der Waals surface area contributed by atoms with E-state index in [1.165, 1.54) is 12.8 Å². The summed E-state index contributed by atoms with van der Waals surface area (Å²) in [5.41, 5.74) is 0.831. The first kappa shape index (κ1) is 13.3. The monoisotopic (exact) mass is 311 g/mol. The molecule has 0 amide bonds. The van der Waals surface area contributed by atoms with Crippen molar-refractivity contribution >= 4 is 27.4 Å². The molecular weight excluding hydrogens is 294 g/mol. The minimum Gasteiger partial charge on any atom is -0.357 e. The number of nitrogens with zero attached hydrogens (tertiary/aromatic N) is 5. The highest BCUT2D eigenvalue weighted by atomic mass is 79.9. The van der Waals surface area contributed by atoms with Crippen molar-refractivity contribution in [3.05, 3.63) is 18.2 Å². The molecule has 2 heterocycles. The fraction of sp³-hybridized carbons (Fsp3) is 0.583. The number of hydrogen-bond acceptors (Lipinski definition) is 4. The third-order valence-electron chi connectivity index (χ3n) is 2.97. The van der Waals surface area contributed by atoms with E-state index in [0.29, 0.717) is 0 Å². The van der Waals surface area contributed by atoms with Gasteiger partial charge in [-0.25, -0.2) is 4.98 Å². The second-order valence-corrected chi connectivity index (χ2v) is 5.16. The van der Waals surface area contributed by atoms with E-state index in [2.05, 4.69) is 43.1 Å². The maximum atomic E-state index is 4.41. The lowest BCUT2D eigenvalue weighted by Gasteiger charge is -2.17. The molecule has 0 spiro atoms. The van der Waals surface area contributed by atoms with Crippen LogP contribution < -0.4 is 4.90 Å². The highest BCUT2D eigenvalue weighted by molar-refractivity contribution is 9.09. The van der Waals surface area contributed by atoms with Crippen molar-refractivity contribution in [3.63, 3.8) is 0 Å². The maximum absolute atomic E-state index is 4.41. The topological polar surface area (TPSA) is 46.3 Å². The Labute approximate surface area is 115 Å². The molecule has 0 bridgehead atoms. The van der Waals surface area contributed by atoms with Crippen LogP contribution in [0.5, 0.6) is 0 Å². The summed E-state index contributed by atoms with van der Waals surface area (Å²) < 4.78 is 1.97. The molecule has 2 aromatic rings. The number of aromatic nitrogens is 4. The van der Waals surface area contributed by atoms with E-state index in [9.17, 15) is 0 Å². The number of unbranched alkanes of at least 4 members (excludes halogenated alkanes) is 2. The summed E-state index contributed by atoms with van der Waals surface area (Å²) in [6, 6.07) is 0. The third-order valence-corrected chi connectivity index (χ3v) is 3.53. The molecule has 0 saturated heterocycles. The highest BCUT2D eigenvalue weighted by Crippen LogP contribution is 2.16. The average Bonchev–Trinajstić information content (AvgIpc) is 2.76. The van der Waals surface area contributed by atoms with Gasteiger partial charge in [0.05, 0.1) is 0 Å². The quantitative estimate of drug-likeness (QED) is 0.607. The van der Waals surface area contributed by atoms with Crippen LogP contribution in [0.25, 0.3) is 5.65 Å². The Kier molecular flexibility index (Phi) is 4.52. The Balaban J connectivity index is 2.10. The van der Waals surface area contributed by atoms with Gasteiger partial charge in [0.15, 0.2) is 5.82 Å². The van der Waals surface area contributed by atoms with Gasteiger partial charge < -0.3 is 4.90 Å². The minimum atomic E-state index is 0.831. The SMILES string of the molecule is Cc1nnc2c(N(C)CCCCCBr)nccn12. The summed E-state index contributed by atoms with van der Waals surface area (Å²) in [7, 11) is 2.06. The zero-order valence-corrected chi connectivity index (χ0v) is 12.4. The van der Waals surface area contributed by atoms with Crippen LogP contribution in [-0.2, 0) is 0 Å². The van der Waals surface area contributed by atoms with Gasteiger partial charge in [-0.05, 0) is 19.8 Å². The van der Waals surface area contributed by atoms with Gasteiger partial charge in [-0.15, -0.1) is 10.2 Å². The molecule has 5 nitrogen and oxygen atoms in total. The summed E-state index contributed by atoms with van der Waals surface area (Å²) >= 11 is 3.45. The van der Waals surface area contributed by atoms with Crippen molar-refractivity contribution in [2.45, 2.75) is 26.2 Å². The van der Waals surface area contributed by atoms with Crippen LogP contribution in [0.15, 0.2) is 12.4 Å². The van der Waals surface area contributed by atoms with Gasteiger partial charge in [0.1, 0.15) is 5.82 Å². The molecule has 0 aliphatic carbocycles. The van der Waals surface area contributed by atoms with Crippen LogP contribution in [0.3, 0.4) is 0 Å². The molecule has 0 fully saturated rings. The number of anilines is 1. The number of alkyl halides is 1.